The van der Waals surface area contributed by atoms with Crippen molar-refractivity contribution in [1.29, 1.82) is 0 Å². The molecule has 1 atom stereocenters. The normalized spacial score (nSPS) is 14.0. The Morgan fingerprint density at radius 3 is 2.10 bits per heavy atom. The van der Waals surface area contributed by atoms with Gasteiger partial charge in [0.25, 0.3) is 10.0 Å². The third-order valence-electron chi connectivity index (χ3n) is 9.09. The summed E-state index contributed by atoms with van der Waals surface area (Å²) in [5.74, 6) is -0.130. The van der Waals surface area contributed by atoms with Crippen molar-refractivity contribution in [3.05, 3.63) is 120 Å². The number of rotatable bonds is 14. The maximum atomic E-state index is 14.8. The summed E-state index contributed by atoms with van der Waals surface area (Å²) in [4.78, 5) is 30.5. The Hall–Kier alpha value is -4.83. The van der Waals surface area contributed by atoms with Crippen molar-refractivity contribution >= 4 is 27.5 Å². The molecular weight excluding hydrogens is 639 g/mol. The lowest BCUT2D eigenvalue weighted by molar-refractivity contribution is -0.140. The third-order valence-corrected chi connectivity index (χ3v) is 10.9. The van der Waals surface area contributed by atoms with Gasteiger partial charge in [-0.15, -0.1) is 0 Å². The predicted octanol–water partition coefficient (Wildman–Crippen LogP) is 6.30. The van der Waals surface area contributed by atoms with Gasteiger partial charge in [-0.2, -0.15) is 0 Å². The van der Waals surface area contributed by atoms with Crippen LogP contribution in [0.5, 0.6) is 11.5 Å². The number of carbonyl (C=O) groups is 2. The van der Waals surface area contributed by atoms with E-state index in [0.29, 0.717) is 11.4 Å². The van der Waals surface area contributed by atoms with Crippen molar-refractivity contribution in [2.24, 2.45) is 0 Å². The van der Waals surface area contributed by atoms with E-state index in [9.17, 15) is 18.0 Å². The molecule has 9 nitrogen and oxygen atoms in total. The minimum Gasteiger partial charge on any atom is -0.493 e. The zero-order valence-corrected chi connectivity index (χ0v) is 29.2. The summed E-state index contributed by atoms with van der Waals surface area (Å²) in [5.41, 5.74) is 3.04. The molecule has 0 bridgehead atoms. The Kier molecular flexibility index (Phi) is 12.0. The highest BCUT2D eigenvalue weighted by Crippen LogP contribution is 2.32. The number of nitrogens with zero attached hydrogens (tertiary/aromatic N) is 2. The van der Waals surface area contributed by atoms with Crippen LogP contribution in [0.4, 0.5) is 5.69 Å². The fourth-order valence-electron chi connectivity index (χ4n) is 6.30. The second-order valence-electron chi connectivity index (χ2n) is 12.4. The molecule has 1 aliphatic rings. The minimum atomic E-state index is -4.30. The van der Waals surface area contributed by atoms with E-state index in [2.05, 4.69) is 5.32 Å². The van der Waals surface area contributed by atoms with Gasteiger partial charge in [0, 0.05) is 25.1 Å². The van der Waals surface area contributed by atoms with Crippen LogP contribution in [-0.4, -0.2) is 58.0 Å². The zero-order chi connectivity index (χ0) is 34.8. The molecule has 2 amide bonds. The van der Waals surface area contributed by atoms with Crippen LogP contribution in [0.3, 0.4) is 0 Å². The number of ether oxygens (including phenoxy) is 2. The number of amides is 2. The van der Waals surface area contributed by atoms with E-state index in [0.717, 1.165) is 53.1 Å². The molecule has 0 radical (unpaired) electrons. The van der Waals surface area contributed by atoms with Gasteiger partial charge in [-0.3, -0.25) is 13.9 Å². The molecule has 0 aromatic heterocycles. The molecule has 1 N–H and O–H groups in total. The number of hydrogen-bond donors (Lipinski definition) is 1. The number of nitrogens with one attached hydrogen (secondary N) is 1. The number of sulfonamides is 1. The number of hydrogen-bond acceptors (Lipinski definition) is 6. The molecule has 4 aromatic carbocycles. The molecular formula is C39H45N3O6S. The number of benzene rings is 4. The van der Waals surface area contributed by atoms with Crippen molar-refractivity contribution in [3.63, 3.8) is 0 Å². The smallest absolute Gasteiger partial charge is 0.264 e. The molecule has 5 rings (SSSR count). The van der Waals surface area contributed by atoms with Gasteiger partial charge in [-0.1, -0.05) is 92.1 Å². The molecule has 0 aliphatic heterocycles. The largest absolute Gasteiger partial charge is 0.493 e. The van der Waals surface area contributed by atoms with Crippen LogP contribution in [0.15, 0.2) is 108 Å². The molecule has 0 spiro atoms. The van der Waals surface area contributed by atoms with Gasteiger partial charge in [0.1, 0.15) is 12.6 Å². The van der Waals surface area contributed by atoms with Crippen LogP contribution in [-0.2, 0) is 32.6 Å². The summed E-state index contributed by atoms with van der Waals surface area (Å²) in [5, 5.41) is 3.25. The first-order valence-electron chi connectivity index (χ1n) is 16.7. The van der Waals surface area contributed by atoms with Crippen LogP contribution >= 0.6 is 0 Å². The summed E-state index contributed by atoms with van der Waals surface area (Å²) in [7, 11) is -1.39. The maximum Gasteiger partial charge on any atom is 0.264 e. The Bertz CT molecular complexity index is 1810. The Balaban J connectivity index is 1.57. The van der Waals surface area contributed by atoms with Crippen molar-refractivity contribution in [1.82, 2.24) is 10.2 Å². The molecule has 4 aromatic rings. The highest BCUT2D eigenvalue weighted by molar-refractivity contribution is 7.92. The molecule has 0 unspecified atom stereocenters. The maximum absolute atomic E-state index is 14.8. The first-order valence-corrected chi connectivity index (χ1v) is 18.1. The lowest BCUT2D eigenvalue weighted by Gasteiger charge is -2.35. The van der Waals surface area contributed by atoms with Crippen molar-refractivity contribution < 1.29 is 27.5 Å². The molecule has 1 saturated carbocycles. The summed E-state index contributed by atoms with van der Waals surface area (Å²) >= 11 is 0. The predicted molar refractivity (Wildman–Crippen MR) is 191 cm³/mol. The highest BCUT2D eigenvalue weighted by atomic mass is 32.2. The number of carbonyl (C=O) groups excluding carboxylic acids is 2. The fourth-order valence-corrected chi connectivity index (χ4v) is 7.73. The Morgan fingerprint density at radius 2 is 1.45 bits per heavy atom. The second kappa shape index (κ2) is 16.5. The van der Waals surface area contributed by atoms with Crippen molar-refractivity contribution in [3.8, 4) is 11.5 Å². The topological polar surface area (TPSA) is 105 Å². The summed E-state index contributed by atoms with van der Waals surface area (Å²) in [6.07, 6.45) is 5.27. The number of para-hydroxylation sites is 1. The number of anilines is 1. The minimum absolute atomic E-state index is 0.0289. The van der Waals surface area contributed by atoms with E-state index < -0.39 is 28.5 Å². The van der Waals surface area contributed by atoms with Gasteiger partial charge in [-0.05, 0) is 60.7 Å². The molecule has 0 heterocycles. The molecule has 1 fully saturated rings. The van der Waals surface area contributed by atoms with Gasteiger partial charge >= 0.3 is 0 Å². The summed E-state index contributed by atoms with van der Waals surface area (Å²) in [6, 6.07) is 29.3. The van der Waals surface area contributed by atoms with E-state index in [4.69, 9.17) is 9.47 Å². The van der Waals surface area contributed by atoms with Gasteiger partial charge in [0.05, 0.1) is 24.8 Å². The average molecular weight is 684 g/mol. The van der Waals surface area contributed by atoms with Gasteiger partial charge in [0.2, 0.25) is 11.8 Å². The Morgan fingerprint density at radius 1 is 0.816 bits per heavy atom. The lowest BCUT2D eigenvalue weighted by atomic mass is 9.94. The van der Waals surface area contributed by atoms with Crippen molar-refractivity contribution in [2.75, 3.05) is 25.1 Å². The van der Waals surface area contributed by atoms with Crippen LogP contribution in [0.1, 0.15) is 48.8 Å². The fraction of sp³-hybridized carbons (Fsp3) is 0.333. The van der Waals surface area contributed by atoms with E-state index in [1.54, 1.807) is 35.2 Å². The molecule has 10 heteroatoms. The van der Waals surface area contributed by atoms with Gasteiger partial charge < -0.3 is 19.7 Å². The first-order chi connectivity index (χ1) is 23.7. The summed E-state index contributed by atoms with van der Waals surface area (Å²) < 4.78 is 40.6. The van der Waals surface area contributed by atoms with Crippen LogP contribution < -0.4 is 19.1 Å². The van der Waals surface area contributed by atoms with E-state index in [-0.39, 0.29) is 35.6 Å². The summed E-state index contributed by atoms with van der Waals surface area (Å²) in [6.45, 7) is 1.55. The standard InChI is InChI=1S/C39H45N3O6S/c1-29-15-13-14-18-31(29)27-41(35(25-30-16-7-4-8-17-30)39(44)40-32-19-9-5-10-20-32)38(43)28-42(33-21-11-6-12-22-33)49(45,46)34-23-24-36(47-2)37(26-34)48-3/h4,6-8,11-18,21-24,26,32,35H,5,9-10,19-20,25,27-28H2,1-3H3,(H,40,44)/t35-/m1/s1. The van der Waals surface area contributed by atoms with E-state index >= 15 is 0 Å². The molecule has 258 valence electrons. The molecule has 1 aliphatic carbocycles. The second-order valence-corrected chi connectivity index (χ2v) is 14.2. The number of aryl methyl sites for hydroxylation is 1. The molecule has 49 heavy (non-hydrogen) atoms. The monoisotopic (exact) mass is 683 g/mol. The van der Waals surface area contributed by atoms with Crippen LogP contribution in [0, 0.1) is 6.92 Å². The Labute approximate surface area is 289 Å². The van der Waals surface area contributed by atoms with E-state index in [1.807, 2.05) is 61.5 Å². The SMILES string of the molecule is COc1ccc(S(=O)(=O)N(CC(=O)N(Cc2ccccc2C)[C@H](Cc2ccccc2)C(=O)NC2CCCCC2)c2ccccc2)cc1OC. The molecule has 0 saturated heterocycles. The lowest BCUT2D eigenvalue weighted by Crippen LogP contribution is -2.55. The van der Waals surface area contributed by atoms with Gasteiger partial charge in [-0.25, -0.2) is 8.42 Å². The highest BCUT2D eigenvalue weighted by Gasteiger charge is 2.36. The van der Waals surface area contributed by atoms with Crippen LogP contribution in [0.25, 0.3) is 0 Å². The van der Waals surface area contributed by atoms with Gasteiger partial charge in [0.15, 0.2) is 11.5 Å². The van der Waals surface area contributed by atoms with Crippen molar-refractivity contribution in [2.45, 2.75) is 69.0 Å². The first kappa shape index (κ1) is 35.5. The average Bonchev–Trinajstić information content (AvgIpc) is 3.13. The number of methoxy groups -OCH3 is 2. The van der Waals surface area contributed by atoms with E-state index in [1.165, 1.54) is 32.4 Å². The zero-order valence-electron chi connectivity index (χ0n) is 28.4. The third kappa shape index (κ3) is 8.80. The quantitative estimate of drug-likeness (QED) is 0.167. The van der Waals surface area contributed by atoms with Crippen LogP contribution in [0.2, 0.25) is 0 Å².